The van der Waals surface area contributed by atoms with Gasteiger partial charge in [-0.05, 0) is 135 Å². The highest BCUT2D eigenvalue weighted by Crippen LogP contribution is 2.51. The zero-order valence-electron chi connectivity index (χ0n) is 37.2. The van der Waals surface area contributed by atoms with E-state index in [1.54, 1.807) is 0 Å². The summed E-state index contributed by atoms with van der Waals surface area (Å²) in [5.41, 5.74) is 7.43. The van der Waals surface area contributed by atoms with Crippen molar-refractivity contribution in [3.8, 4) is 0 Å². The van der Waals surface area contributed by atoms with Crippen LogP contribution in [0.2, 0.25) is 0 Å². The van der Waals surface area contributed by atoms with Crippen LogP contribution in [0.25, 0.3) is 75.4 Å². The predicted molar refractivity (Wildman–Crippen MR) is 263 cm³/mol. The van der Waals surface area contributed by atoms with Crippen molar-refractivity contribution in [3.05, 3.63) is 154 Å². The van der Waals surface area contributed by atoms with Crippen LogP contribution in [0, 0.1) is 0 Å². The number of para-hydroxylation sites is 2. The highest BCUT2D eigenvalue weighted by molar-refractivity contribution is 6.47. The van der Waals surface area contributed by atoms with E-state index < -0.39 is 0 Å². The Hall–Kier alpha value is -7.18. The number of anilines is 2. The minimum Gasteiger partial charge on any atom is -0.268 e. The van der Waals surface area contributed by atoms with Gasteiger partial charge in [-0.25, -0.2) is 9.80 Å². The quantitative estimate of drug-likeness (QED) is 0.0950. The van der Waals surface area contributed by atoms with Crippen molar-refractivity contribution in [1.29, 1.82) is 0 Å². The number of hydrogen-bond donors (Lipinski definition) is 0. The first-order valence-corrected chi connectivity index (χ1v) is 22.6. The minimum absolute atomic E-state index is 0.107. The largest absolute Gasteiger partial charge is 0.268 e. The van der Waals surface area contributed by atoms with Crippen molar-refractivity contribution in [2.45, 2.75) is 79.1 Å². The average molecular weight is 835 g/mol. The lowest BCUT2D eigenvalue weighted by Crippen LogP contribution is -2.41. The van der Waals surface area contributed by atoms with E-state index in [4.69, 9.17) is 0 Å². The molecule has 6 heteroatoms. The van der Waals surface area contributed by atoms with Gasteiger partial charge in [0.2, 0.25) is 0 Å². The summed E-state index contributed by atoms with van der Waals surface area (Å²) in [5, 5.41) is 13.6. The number of benzene rings is 10. The zero-order chi connectivity index (χ0) is 44.4. The number of carbonyl (C=O) groups is 4. The Morgan fingerprint density at radius 1 is 0.281 bits per heavy atom. The van der Waals surface area contributed by atoms with Gasteiger partial charge in [-0.2, -0.15) is 0 Å². The highest BCUT2D eigenvalue weighted by Gasteiger charge is 2.40. The molecule has 4 amide bonds. The lowest BCUT2D eigenvalue weighted by Gasteiger charge is -2.33. The Bertz CT molecular complexity index is 3310. The molecule has 0 spiro atoms. The number of fused-ring (bicyclic) bond motifs is 4. The van der Waals surface area contributed by atoms with Gasteiger partial charge >= 0.3 is 0 Å². The Morgan fingerprint density at radius 3 is 0.703 bits per heavy atom. The summed E-state index contributed by atoms with van der Waals surface area (Å²) in [6.45, 7) is 16.8. The molecular weight excluding hydrogens is 789 g/mol. The van der Waals surface area contributed by atoms with Crippen molar-refractivity contribution in [1.82, 2.24) is 0 Å². The maximum atomic E-state index is 14.8. The molecule has 0 radical (unpaired) electrons. The Balaban J connectivity index is 1.08. The number of amides is 4. The van der Waals surface area contributed by atoms with E-state index in [-0.39, 0.29) is 47.3 Å². The summed E-state index contributed by atoms with van der Waals surface area (Å²) in [6.07, 6.45) is 0. The van der Waals surface area contributed by atoms with E-state index in [1.807, 2.05) is 60.7 Å². The fourth-order valence-electron chi connectivity index (χ4n) is 11.6. The van der Waals surface area contributed by atoms with E-state index in [1.165, 1.54) is 9.80 Å². The van der Waals surface area contributed by atoms with Crippen LogP contribution in [-0.4, -0.2) is 23.6 Å². The third-order valence-corrected chi connectivity index (χ3v) is 14.5. The molecule has 312 valence electrons. The molecular formula is C58H46N2O4. The van der Waals surface area contributed by atoms with Crippen molar-refractivity contribution in [2.24, 2.45) is 0 Å². The van der Waals surface area contributed by atoms with Crippen molar-refractivity contribution in [3.63, 3.8) is 0 Å². The van der Waals surface area contributed by atoms with Gasteiger partial charge in [0.1, 0.15) is 0 Å². The maximum absolute atomic E-state index is 14.8. The summed E-state index contributed by atoms with van der Waals surface area (Å²) < 4.78 is 0. The molecule has 0 saturated carbocycles. The third kappa shape index (κ3) is 4.75. The van der Waals surface area contributed by atoms with Gasteiger partial charge in [0.15, 0.2) is 0 Å². The van der Waals surface area contributed by atoms with E-state index in [9.17, 15) is 19.2 Å². The number of hydrogen-bond acceptors (Lipinski definition) is 4. The smallest absolute Gasteiger partial charge is 0.266 e. The highest BCUT2D eigenvalue weighted by atomic mass is 16.2. The lowest BCUT2D eigenvalue weighted by molar-refractivity contribution is 0.0877. The van der Waals surface area contributed by atoms with E-state index in [0.717, 1.165) is 86.9 Å². The second kappa shape index (κ2) is 13.2. The topological polar surface area (TPSA) is 74.8 Å². The molecule has 10 aromatic rings. The number of nitrogens with zero attached hydrogens (tertiary/aromatic N) is 2. The normalized spacial score (nSPS) is 14.6. The molecule has 2 heterocycles. The summed E-state index contributed by atoms with van der Waals surface area (Å²) >= 11 is 0. The fraction of sp³-hybridized carbons (Fsp3) is 0.207. The van der Waals surface area contributed by atoms with Crippen molar-refractivity contribution in [2.75, 3.05) is 9.80 Å². The summed E-state index contributed by atoms with van der Waals surface area (Å²) in [7, 11) is 0. The first-order chi connectivity index (χ1) is 30.8. The second-order valence-corrected chi connectivity index (χ2v) is 19.3. The molecule has 0 bridgehead atoms. The molecule has 0 atom stereocenters. The Labute approximate surface area is 370 Å². The number of imide groups is 2. The van der Waals surface area contributed by atoms with Crippen LogP contribution < -0.4 is 9.80 Å². The van der Waals surface area contributed by atoms with Gasteiger partial charge in [-0.1, -0.05) is 140 Å². The van der Waals surface area contributed by atoms with Crippen molar-refractivity contribution >= 4 is 110 Å². The van der Waals surface area contributed by atoms with Crippen molar-refractivity contribution < 1.29 is 19.2 Å². The maximum Gasteiger partial charge on any atom is 0.266 e. The SMILES string of the molecule is CC(C)c1cccc(C(C)C)c1N1C(=O)c2ccc3c4ccc5c6ccc7c8c(ccc(c9ccc(c%10ccc(c2c3%10)C1=O)c4c59)c86)C(=O)N(c1c(C(C)C)cccc1C(C)C)C7=O. The third-order valence-electron chi connectivity index (χ3n) is 14.5. The van der Waals surface area contributed by atoms with Crippen LogP contribution in [0.1, 0.15) is 143 Å². The molecule has 0 saturated heterocycles. The second-order valence-electron chi connectivity index (χ2n) is 19.3. The standard InChI is InChI=1S/C58H46N2O4/c1-27(2)31-11-9-12-32(28(3)4)53(31)59-55(61)43-23-19-39-35-15-17-37-41-21-25-45-52-46(58(64)60(57(45)63)54-33(29(5)6)13-10-14-34(54)30(7)8)26-22-42(50(41)52)38-18-16-36(47(35)48(37)38)40-20-24-44(56(59)62)51(43)49(39)40/h9-30H,1-8H3. The van der Waals surface area contributed by atoms with Crippen LogP contribution in [0.15, 0.2) is 109 Å². The van der Waals surface area contributed by atoms with Crippen LogP contribution in [0.4, 0.5) is 11.4 Å². The minimum atomic E-state index is -0.298. The molecule has 12 rings (SSSR count). The van der Waals surface area contributed by atoms with Gasteiger partial charge < -0.3 is 0 Å². The monoisotopic (exact) mass is 834 g/mol. The van der Waals surface area contributed by atoms with Crippen LogP contribution in [-0.2, 0) is 0 Å². The van der Waals surface area contributed by atoms with Crippen LogP contribution in [0.3, 0.4) is 0 Å². The van der Waals surface area contributed by atoms with Crippen LogP contribution >= 0.6 is 0 Å². The van der Waals surface area contributed by atoms with Gasteiger partial charge in [-0.15, -0.1) is 0 Å². The van der Waals surface area contributed by atoms with E-state index in [0.29, 0.717) is 44.4 Å². The van der Waals surface area contributed by atoms with Gasteiger partial charge in [-0.3, -0.25) is 19.2 Å². The average Bonchev–Trinajstić information content (AvgIpc) is 3.28. The molecule has 64 heavy (non-hydrogen) atoms. The molecule has 2 aliphatic rings. The molecule has 6 nitrogen and oxygen atoms in total. The molecule has 0 aromatic heterocycles. The first-order valence-electron chi connectivity index (χ1n) is 22.6. The Kier molecular flexibility index (Phi) is 7.93. The predicted octanol–water partition coefficient (Wildman–Crippen LogP) is 14.7. The van der Waals surface area contributed by atoms with Crippen LogP contribution in [0.5, 0.6) is 0 Å². The number of rotatable bonds is 6. The molecule has 2 aliphatic heterocycles. The van der Waals surface area contributed by atoms with Gasteiger partial charge in [0, 0.05) is 33.0 Å². The summed E-state index contributed by atoms with van der Waals surface area (Å²) in [4.78, 5) is 62.2. The molecule has 0 N–H and O–H groups in total. The Morgan fingerprint density at radius 2 is 0.484 bits per heavy atom. The fourth-order valence-corrected chi connectivity index (χ4v) is 11.6. The molecule has 10 aromatic carbocycles. The first kappa shape index (κ1) is 38.5. The molecule has 0 unspecified atom stereocenters. The van der Waals surface area contributed by atoms with Gasteiger partial charge in [0.05, 0.1) is 11.4 Å². The number of carbonyl (C=O) groups excluding carboxylic acids is 4. The summed E-state index contributed by atoms with van der Waals surface area (Å²) in [5.74, 6) is -0.763. The zero-order valence-corrected chi connectivity index (χ0v) is 37.2. The molecule has 0 fully saturated rings. The van der Waals surface area contributed by atoms with E-state index >= 15 is 0 Å². The summed E-state index contributed by atoms with van der Waals surface area (Å²) in [6, 6.07) is 36.8. The van der Waals surface area contributed by atoms with E-state index in [2.05, 4.69) is 104 Å². The lowest BCUT2D eigenvalue weighted by atomic mass is 9.80. The van der Waals surface area contributed by atoms with Gasteiger partial charge in [0.25, 0.3) is 23.6 Å². The molecule has 0 aliphatic carbocycles.